The molecule has 0 aliphatic carbocycles. The summed E-state index contributed by atoms with van der Waals surface area (Å²) in [5, 5.41) is 13.1. The maximum Gasteiger partial charge on any atom is 0.141 e. The van der Waals surface area contributed by atoms with E-state index in [1.807, 2.05) is 30.3 Å². The van der Waals surface area contributed by atoms with Crippen LogP contribution in [0.3, 0.4) is 0 Å². The highest BCUT2D eigenvalue weighted by Gasteiger charge is 2.23. The van der Waals surface area contributed by atoms with Crippen molar-refractivity contribution in [1.29, 1.82) is 5.26 Å². The van der Waals surface area contributed by atoms with E-state index in [1.54, 1.807) is 29.9 Å². The third kappa shape index (κ3) is 3.45. The zero-order valence-electron chi connectivity index (χ0n) is 16.0. The van der Waals surface area contributed by atoms with Crippen molar-refractivity contribution in [2.45, 2.75) is 0 Å². The fourth-order valence-corrected chi connectivity index (χ4v) is 4.79. The summed E-state index contributed by atoms with van der Waals surface area (Å²) >= 11 is 7.70. The van der Waals surface area contributed by atoms with E-state index in [0.717, 1.165) is 64.2 Å². The van der Waals surface area contributed by atoms with Gasteiger partial charge in [0.15, 0.2) is 0 Å². The van der Waals surface area contributed by atoms with Crippen LogP contribution in [0.25, 0.3) is 21.3 Å². The first kappa shape index (κ1) is 18.8. The normalized spacial score (nSPS) is 14.1. The highest BCUT2D eigenvalue weighted by atomic mass is 35.5. The van der Waals surface area contributed by atoms with Crippen molar-refractivity contribution in [2.75, 3.05) is 36.0 Å². The Hall–Kier alpha value is -3.21. The molecule has 4 aromatic rings. The molecular weight excluding hydrogens is 416 g/mol. The van der Waals surface area contributed by atoms with Crippen molar-refractivity contribution in [2.24, 2.45) is 0 Å². The predicted molar refractivity (Wildman–Crippen MR) is 121 cm³/mol. The topological polar surface area (TPSA) is 68.9 Å². The summed E-state index contributed by atoms with van der Waals surface area (Å²) in [6.45, 7) is 3.27. The number of rotatable bonds is 3. The van der Waals surface area contributed by atoms with Crippen molar-refractivity contribution < 1.29 is 0 Å². The lowest BCUT2D eigenvalue weighted by atomic mass is 10.1. The van der Waals surface area contributed by atoms with Gasteiger partial charge in [-0.1, -0.05) is 23.7 Å². The minimum absolute atomic E-state index is 0.630. The smallest absolute Gasteiger partial charge is 0.141 e. The van der Waals surface area contributed by atoms with E-state index in [1.165, 1.54) is 0 Å². The van der Waals surface area contributed by atoms with Gasteiger partial charge in [0, 0.05) is 48.3 Å². The third-order valence-corrected chi connectivity index (χ3v) is 6.42. The largest absolute Gasteiger partial charge is 0.353 e. The van der Waals surface area contributed by atoms with Gasteiger partial charge in [-0.2, -0.15) is 5.26 Å². The number of anilines is 2. The zero-order chi connectivity index (χ0) is 20.5. The molecule has 0 unspecified atom stereocenters. The Bertz CT molecular complexity index is 1240. The molecule has 1 aromatic carbocycles. The second-order valence-electron chi connectivity index (χ2n) is 7.02. The van der Waals surface area contributed by atoms with Gasteiger partial charge in [-0.25, -0.2) is 15.0 Å². The summed E-state index contributed by atoms with van der Waals surface area (Å²) in [4.78, 5) is 19.1. The highest BCUT2D eigenvalue weighted by Crippen LogP contribution is 2.38. The Morgan fingerprint density at radius 2 is 1.73 bits per heavy atom. The molecule has 1 aliphatic heterocycles. The number of aromatic nitrogens is 3. The van der Waals surface area contributed by atoms with E-state index >= 15 is 0 Å². The standard InChI is InChI=1S/C22H17ClN6S/c23-17-3-1-16(2-4-17)18-13-30-22-20(18)21(26-14-27-22)29-9-7-28(8-10-29)19-11-15(12-24)5-6-25-19/h1-6,11,13-14H,7-10H2. The molecule has 1 aliphatic rings. The molecule has 1 saturated heterocycles. The quantitative estimate of drug-likeness (QED) is 0.471. The number of pyridine rings is 1. The van der Waals surface area contributed by atoms with Crippen LogP contribution in [0.5, 0.6) is 0 Å². The second kappa shape index (κ2) is 7.90. The number of nitrogens with zero attached hydrogens (tertiary/aromatic N) is 6. The van der Waals surface area contributed by atoms with Gasteiger partial charge in [-0.05, 0) is 29.8 Å². The van der Waals surface area contributed by atoms with Crippen LogP contribution < -0.4 is 9.80 Å². The highest BCUT2D eigenvalue weighted by molar-refractivity contribution is 7.17. The molecule has 0 radical (unpaired) electrons. The first-order chi connectivity index (χ1) is 14.7. The molecule has 0 spiro atoms. The van der Waals surface area contributed by atoms with Gasteiger partial charge in [0.1, 0.15) is 22.8 Å². The lowest BCUT2D eigenvalue weighted by molar-refractivity contribution is 0.643. The maximum absolute atomic E-state index is 9.14. The summed E-state index contributed by atoms with van der Waals surface area (Å²) in [5.41, 5.74) is 2.87. The fraction of sp³-hybridized carbons (Fsp3) is 0.182. The molecule has 5 rings (SSSR count). The second-order valence-corrected chi connectivity index (χ2v) is 8.32. The first-order valence-corrected chi connectivity index (χ1v) is 10.8. The van der Waals surface area contributed by atoms with Crippen LogP contribution in [-0.2, 0) is 0 Å². The van der Waals surface area contributed by atoms with E-state index < -0.39 is 0 Å². The molecule has 0 N–H and O–H groups in total. The van der Waals surface area contributed by atoms with Crippen LogP contribution >= 0.6 is 22.9 Å². The number of thiophene rings is 1. The summed E-state index contributed by atoms with van der Waals surface area (Å²) in [5.74, 6) is 1.81. The van der Waals surface area contributed by atoms with E-state index in [2.05, 4.69) is 36.2 Å². The average molecular weight is 433 g/mol. The first-order valence-electron chi connectivity index (χ1n) is 9.57. The molecule has 4 heterocycles. The molecular formula is C22H17ClN6S. The minimum Gasteiger partial charge on any atom is -0.353 e. The molecule has 3 aromatic heterocycles. The van der Waals surface area contributed by atoms with Crippen molar-refractivity contribution in [3.8, 4) is 17.2 Å². The zero-order valence-corrected chi connectivity index (χ0v) is 17.6. The lowest BCUT2D eigenvalue weighted by Gasteiger charge is -2.36. The number of hydrogen-bond donors (Lipinski definition) is 0. The Balaban J connectivity index is 1.44. The van der Waals surface area contributed by atoms with Gasteiger partial charge in [0.25, 0.3) is 0 Å². The van der Waals surface area contributed by atoms with Crippen LogP contribution in [0, 0.1) is 11.3 Å². The van der Waals surface area contributed by atoms with E-state index in [9.17, 15) is 0 Å². The number of piperazine rings is 1. The van der Waals surface area contributed by atoms with Crippen LogP contribution in [0.4, 0.5) is 11.6 Å². The van der Waals surface area contributed by atoms with Crippen molar-refractivity contribution in [1.82, 2.24) is 15.0 Å². The number of benzene rings is 1. The number of nitriles is 1. The van der Waals surface area contributed by atoms with Crippen LogP contribution in [-0.4, -0.2) is 41.1 Å². The number of fused-ring (bicyclic) bond motifs is 1. The fourth-order valence-electron chi connectivity index (χ4n) is 3.75. The maximum atomic E-state index is 9.14. The summed E-state index contributed by atoms with van der Waals surface area (Å²) < 4.78 is 0. The monoisotopic (exact) mass is 432 g/mol. The van der Waals surface area contributed by atoms with E-state index in [0.29, 0.717) is 5.56 Å². The molecule has 0 atom stereocenters. The molecule has 0 bridgehead atoms. The van der Waals surface area contributed by atoms with Crippen LogP contribution in [0.1, 0.15) is 5.56 Å². The van der Waals surface area contributed by atoms with E-state index in [4.69, 9.17) is 16.9 Å². The molecule has 1 fully saturated rings. The SMILES string of the molecule is N#Cc1ccnc(N2CCN(c3ncnc4scc(-c5ccc(Cl)cc5)c34)CC2)c1. The van der Waals surface area contributed by atoms with Gasteiger partial charge >= 0.3 is 0 Å². The molecule has 8 heteroatoms. The lowest BCUT2D eigenvalue weighted by Crippen LogP contribution is -2.47. The average Bonchev–Trinajstić information content (AvgIpc) is 3.24. The van der Waals surface area contributed by atoms with Gasteiger partial charge in [-0.15, -0.1) is 11.3 Å². The molecule has 30 heavy (non-hydrogen) atoms. The van der Waals surface area contributed by atoms with E-state index in [-0.39, 0.29) is 0 Å². The van der Waals surface area contributed by atoms with Crippen molar-refractivity contribution in [3.63, 3.8) is 0 Å². The minimum atomic E-state index is 0.630. The Morgan fingerprint density at radius 1 is 0.967 bits per heavy atom. The summed E-state index contributed by atoms with van der Waals surface area (Å²) in [7, 11) is 0. The van der Waals surface area contributed by atoms with Gasteiger partial charge in [-0.3, -0.25) is 0 Å². The predicted octanol–water partition coefficient (Wildman–Crippen LogP) is 4.60. The number of hydrogen-bond acceptors (Lipinski definition) is 7. The van der Waals surface area contributed by atoms with Crippen molar-refractivity contribution in [3.05, 3.63) is 64.9 Å². The third-order valence-electron chi connectivity index (χ3n) is 5.28. The molecule has 0 amide bonds. The van der Waals surface area contributed by atoms with Crippen LogP contribution in [0.2, 0.25) is 5.02 Å². The van der Waals surface area contributed by atoms with Gasteiger partial charge in [0.05, 0.1) is 17.0 Å². The summed E-state index contributed by atoms with van der Waals surface area (Å²) in [6, 6.07) is 13.6. The molecule has 6 nitrogen and oxygen atoms in total. The van der Waals surface area contributed by atoms with Gasteiger partial charge < -0.3 is 9.80 Å². The Kier molecular flexibility index (Phi) is 4.95. The van der Waals surface area contributed by atoms with Crippen molar-refractivity contribution >= 4 is 44.8 Å². The number of halogens is 1. The Labute approximate surface area is 183 Å². The molecule has 148 valence electrons. The Morgan fingerprint density at radius 3 is 2.50 bits per heavy atom. The summed E-state index contributed by atoms with van der Waals surface area (Å²) in [6.07, 6.45) is 3.34. The van der Waals surface area contributed by atoms with Gasteiger partial charge in [0.2, 0.25) is 0 Å². The molecule has 0 saturated carbocycles. The van der Waals surface area contributed by atoms with Crippen LogP contribution in [0.15, 0.2) is 54.3 Å².